The van der Waals surface area contributed by atoms with Gasteiger partial charge in [-0.15, -0.1) is 11.8 Å². The molecule has 112 valence electrons. The summed E-state index contributed by atoms with van der Waals surface area (Å²) >= 11 is 1.17. The highest BCUT2D eigenvalue weighted by Gasteiger charge is 2.11. The van der Waals surface area contributed by atoms with Crippen molar-refractivity contribution in [2.75, 3.05) is 5.75 Å². The normalized spacial score (nSPS) is 10.9. The fourth-order valence-electron chi connectivity index (χ4n) is 2.03. The highest BCUT2D eigenvalue weighted by Crippen LogP contribution is 2.15. The number of benzene rings is 1. The van der Waals surface area contributed by atoms with Crippen molar-refractivity contribution < 1.29 is 9.90 Å². The molecule has 8 heteroatoms. The van der Waals surface area contributed by atoms with Crippen LogP contribution in [0.3, 0.4) is 0 Å². The van der Waals surface area contributed by atoms with Crippen LogP contribution in [0.15, 0.2) is 41.3 Å². The number of para-hydroxylation sites is 1. The Bertz CT molecular complexity index is 873. The van der Waals surface area contributed by atoms with Gasteiger partial charge in [-0.25, -0.2) is 9.67 Å². The molecule has 0 saturated heterocycles. The van der Waals surface area contributed by atoms with Crippen LogP contribution in [-0.4, -0.2) is 36.6 Å². The monoisotopic (exact) mass is 316 g/mol. The van der Waals surface area contributed by atoms with E-state index in [-0.39, 0.29) is 11.3 Å². The van der Waals surface area contributed by atoms with E-state index in [0.717, 1.165) is 5.69 Å². The first-order valence-corrected chi connectivity index (χ1v) is 7.62. The molecule has 0 aliphatic rings. The molecule has 0 bridgehead atoms. The molecule has 0 aliphatic heterocycles. The van der Waals surface area contributed by atoms with Crippen LogP contribution in [-0.2, 0) is 10.5 Å². The van der Waals surface area contributed by atoms with Crippen molar-refractivity contribution in [3.05, 3.63) is 52.7 Å². The minimum absolute atomic E-state index is 0.0420. The van der Waals surface area contributed by atoms with Gasteiger partial charge in [-0.05, 0) is 12.1 Å². The number of thioether (sulfide) groups is 1. The van der Waals surface area contributed by atoms with Crippen molar-refractivity contribution >= 4 is 28.8 Å². The summed E-state index contributed by atoms with van der Waals surface area (Å²) in [7, 11) is 0. The quantitative estimate of drug-likeness (QED) is 0.738. The van der Waals surface area contributed by atoms with Crippen LogP contribution < -0.4 is 5.56 Å². The first-order valence-electron chi connectivity index (χ1n) is 6.47. The summed E-state index contributed by atoms with van der Waals surface area (Å²) in [6.45, 7) is 0. The third-order valence-corrected chi connectivity index (χ3v) is 3.88. The lowest BCUT2D eigenvalue weighted by Gasteiger charge is -2.04. The maximum atomic E-state index is 12.1. The first kappa shape index (κ1) is 14.3. The van der Waals surface area contributed by atoms with Gasteiger partial charge in [0.25, 0.3) is 5.56 Å². The van der Waals surface area contributed by atoms with Crippen LogP contribution in [0.5, 0.6) is 0 Å². The Morgan fingerprint density at radius 2 is 2.09 bits per heavy atom. The van der Waals surface area contributed by atoms with Crippen LogP contribution in [0.25, 0.3) is 16.7 Å². The number of H-pyrrole nitrogens is 1. The summed E-state index contributed by atoms with van der Waals surface area (Å²) in [6, 6.07) is 9.38. The summed E-state index contributed by atoms with van der Waals surface area (Å²) in [4.78, 5) is 29.7. The molecule has 0 atom stereocenters. The molecule has 7 nitrogen and oxygen atoms in total. The lowest BCUT2D eigenvalue weighted by Crippen LogP contribution is -2.12. The number of carboxylic acids is 1. The molecule has 3 aromatic rings. The van der Waals surface area contributed by atoms with E-state index in [4.69, 9.17) is 5.11 Å². The van der Waals surface area contributed by atoms with Crippen LogP contribution in [0.2, 0.25) is 0 Å². The number of rotatable bonds is 5. The van der Waals surface area contributed by atoms with Crippen LogP contribution in [0, 0.1) is 0 Å². The standard InChI is InChI=1S/C14H12N4O3S/c19-12(20)8-22-7-11-16-13-10(14(21)17-11)6-15-18(13)9-4-2-1-3-5-9/h1-6H,7-8H2,(H,19,20)(H,16,17,21). The van der Waals surface area contributed by atoms with Crippen molar-refractivity contribution in [1.82, 2.24) is 19.7 Å². The number of aliphatic carboxylic acids is 1. The zero-order chi connectivity index (χ0) is 15.5. The van der Waals surface area contributed by atoms with E-state index in [2.05, 4.69) is 15.1 Å². The van der Waals surface area contributed by atoms with Crippen molar-refractivity contribution in [1.29, 1.82) is 0 Å². The Balaban J connectivity index is 2.00. The van der Waals surface area contributed by atoms with E-state index in [0.29, 0.717) is 22.6 Å². The molecule has 0 unspecified atom stereocenters. The molecule has 1 aromatic carbocycles. The topological polar surface area (TPSA) is 101 Å². The molecule has 22 heavy (non-hydrogen) atoms. The summed E-state index contributed by atoms with van der Waals surface area (Å²) < 4.78 is 1.59. The van der Waals surface area contributed by atoms with Gasteiger partial charge < -0.3 is 10.1 Å². The van der Waals surface area contributed by atoms with Gasteiger partial charge in [-0.2, -0.15) is 5.10 Å². The maximum Gasteiger partial charge on any atom is 0.313 e. The number of fused-ring (bicyclic) bond motifs is 1. The van der Waals surface area contributed by atoms with Crippen molar-refractivity contribution in [3.8, 4) is 5.69 Å². The van der Waals surface area contributed by atoms with Crippen LogP contribution >= 0.6 is 11.8 Å². The fraction of sp³-hybridized carbons (Fsp3) is 0.143. The zero-order valence-corrected chi connectivity index (χ0v) is 12.2. The minimum Gasteiger partial charge on any atom is -0.481 e. The number of hydrogen-bond acceptors (Lipinski definition) is 5. The zero-order valence-electron chi connectivity index (χ0n) is 11.4. The fourth-order valence-corrected chi connectivity index (χ4v) is 2.63. The van der Waals surface area contributed by atoms with E-state index >= 15 is 0 Å². The smallest absolute Gasteiger partial charge is 0.313 e. The second-order valence-corrected chi connectivity index (χ2v) is 5.51. The first-order chi connectivity index (χ1) is 10.6. The molecule has 0 spiro atoms. The number of carboxylic acid groups (broad SMARTS) is 1. The average Bonchev–Trinajstić information content (AvgIpc) is 2.92. The number of aromatic amines is 1. The van der Waals surface area contributed by atoms with Crippen molar-refractivity contribution in [2.24, 2.45) is 0 Å². The molecular formula is C14H12N4O3S. The van der Waals surface area contributed by atoms with Gasteiger partial charge in [-0.3, -0.25) is 9.59 Å². The second kappa shape index (κ2) is 6.02. The highest BCUT2D eigenvalue weighted by molar-refractivity contribution is 7.99. The van der Waals surface area contributed by atoms with Crippen LogP contribution in [0.4, 0.5) is 0 Å². The Hall–Kier alpha value is -2.61. The van der Waals surface area contributed by atoms with Gasteiger partial charge in [0.05, 0.1) is 23.4 Å². The van der Waals surface area contributed by atoms with Gasteiger partial charge in [0.1, 0.15) is 11.2 Å². The molecule has 0 aliphatic carbocycles. The average molecular weight is 316 g/mol. The van der Waals surface area contributed by atoms with Crippen molar-refractivity contribution in [2.45, 2.75) is 5.75 Å². The molecule has 2 N–H and O–H groups in total. The lowest BCUT2D eigenvalue weighted by atomic mass is 10.3. The minimum atomic E-state index is -0.900. The molecule has 2 aromatic heterocycles. The SMILES string of the molecule is O=C(O)CSCc1nc2c(cnn2-c2ccccc2)c(=O)[nH]1. The molecule has 3 rings (SSSR count). The highest BCUT2D eigenvalue weighted by atomic mass is 32.2. The largest absolute Gasteiger partial charge is 0.481 e. The van der Waals surface area contributed by atoms with Crippen molar-refractivity contribution in [3.63, 3.8) is 0 Å². The Kier molecular flexibility index (Phi) is 3.92. The molecule has 0 radical (unpaired) electrons. The van der Waals surface area contributed by atoms with E-state index in [9.17, 15) is 9.59 Å². The predicted molar refractivity (Wildman–Crippen MR) is 83.3 cm³/mol. The third kappa shape index (κ3) is 2.86. The van der Waals surface area contributed by atoms with Gasteiger partial charge in [0.2, 0.25) is 0 Å². The Morgan fingerprint density at radius 3 is 2.82 bits per heavy atom. The van der Waals surface area contributed by atoms with Gasteiger partial charge in [0, 0.05) is 0 Å². The maximum absolute atomic E-state index is 12.1. The van der Waals surface area contributed by atoms with Gasteiger partial charge in [-0.1, -0.05) is 18.2 Å². The number of nitrogens with one attached hydrogen (secondary N) is 1. The predicted octanol–water partition coefficient (Wildman–Crippen LogP) is 1.43. The van der Waals surface area contributed by atoms with Crippen LogP contribution in [0.1, 0.15) is 5.82 Å². The number of hydrogen-bond donors (Lipinski definition) is 2. The van der Waals surface area contributed by atoms with E-state index in [1.807, 2.05) is 30.3 Å². The Morgan fingerprint density at radius 1 is 1.32 bits per heavy atom. The Labute approximate surface area is 129 Å². The number of nitrogens with zero attached hydrogens (tertiary/aromatic N) is 3. The molecule has 0 fully saturated rings. The lowest BCUT2D eigenvalue weighted by molar-refractivity contribution is -0.133. The summed E-state index contributed by atoms with van der Waals surface area (Å²) in [6.07, 6.45) is 1.47. The summed E-state index contributed by atoms with van der Waals surface area (Å²) in [5.74, 6) is -0.193. The molecule has 2 heterocycles. The second-order valence-electron chi connectivity index (χ2n) is 4.53. The number of aromatic nitrogens is 4. The number of carbonyl (C=O) groups is 1. The summed E-state index contributed by atoms with van der Waals surface area (Å²) in [5, 5.41) is 13.3. The van der Waals surface area contributed by atoms with Gasteiger partial charge in [0.15, 0.2) is 5.65 Å². The molecule has 0 saturated carbocycles. The van der Waals surface area contributed by atoms with E-state index in [1.165, 1.54) is 18.0 Å². The summed E-state index contributed by atoms with van der Waals surface area (Å²) in [5.41, 5.74) is 0.985. The third-order valence-electron chi connectivity index (χ3n) is 2.95. The molecule has 0 amide bonds. The molecular weight excluding hydrogens is 304 g/mol. The van der Waals surface area contributed by atoms with E-state index in [1.54, 1.807) is 4.68 Å². The van der Waals surface area contributed by atoms with E-state index < -0.39 is 5.97 Å². The van der Waals surface area contributed by atoms with Gasteiger partial charge >= 0.3 is 5.97 Å².